The topological polar surface area (TPSA) is 62.7 Å². The van der Waals surface area contributed by atoms with Crippen LogP contribution in [-0.2, 0) is 6.18 Å². The minimum Gasteiger partial charge on any atom is -0.352 e. The number of halogens is 3. The standard InChI is InChI=1S/C20H20F3N5/c1-12(2)25-19-27-17(14-5-4-8-24-11-14)10-18(28-19)26-16-9-15(20(21,22)23)7-6-13(16)3/h4-12H,1-3H3,(H2,25,26,27,28). The number of hydrogen-bond donors (Lipinski definition) is 2. The molecule has 0 amide bonds. The number of anilines is 3. The maximum Gasteiger partial charge on any atom is 0.416 e. The largest absolute Gasteiger partial charge is 0.416 e. The average Bonchev–Trinajstić information content (AvgIpc) is 2.62. The van der Waals surface area contributed by atoms with E-state index in [1.807, 2.05) is 19.9 Å². The predicted octanol–water partition coefficient (Wildman–Crippen LogP) is 5.43. The third-order valence-corrected chi connectivity index (χ3v) is 3.93. The lowest BCUT2D eigenvalue weighted by atomic mass is 10.1. The maximum absolute atomic E-state index is 13.1. The highest BCUT2D eigenvalue weighted by Gasteiger charge is 2.30. The Morgan fingerprint density at radius 2 is 1.82 bits per heavy atom. The van der Waals surface area contributed by atoms with E-state index in [9.17, 15) is 13.2 Å². The third kappa shape index (κ3) is 4.76. The number of nitrogens with zero attached hydrogens (tertiary/aromatic N) is 3. The lowest BCUT2D eigenvalue weighted by Crippen LogP contribution is -2.13. The first-order valence-electron chi connectivity index (χ1n) is 8.73. The number of benzene rings is 1. The number of pyridine rings is 1. The predicted molar refractivity (Wildman–Crippen MR) is 103 cm³/mol. The Hall–Kier alpha value is -3.16. The molecule has 28 heavy (non-hydrogen) atoms. The molecule has 3 rings (SSSR count). The van der Waals surface area contributed by atoms with Crippen molar-refractivity contribution < 1.29 is 13.2 Å². The van der Waals surface area contributed by atoms with Gasteiger partial charge in [-0.1, -0.05) is 6.07 Å². The number of aromatic nitrogens is 3. The molecule has 0 spiro atoms. The van der Waals surface area contributed by atoms with Gasteiger partial charge in [-0.2, -0.15) is 18.2 Å². The molecular formula is C20H20F3N5. The van der Waals surface area contributed by atoms with Crippen molar-refractivity contribution in [3.63, 3.8) is 0 Å². The molecule has 0 fully saturated rings. The van der Waals surface area contributed by atoms with Crippen LogP contribution in [0.25, 0.3) is 11.3 Å². The van der Waals surface area contributed by atoms with Crippen LogP contribution >= 0.6 is 0 Å². The van der Waals surface area contributed by atoms with Crippen LogP contribution in [0, 0.1) is 6.92 Å². The van der Waals surface area contributed by atoms with E-state index in [0.29, 0.717) is 28.7 Å². The molecule has 0 radical (unpaired) electrons. The number of hydrogen-bond acceptors (Lipinski definition) is 5. The second-order valence-corrected chi connectivity index (χ2v) is 6.66. The Morgan fingerprint density at radius 1 is 1.04 bits per heavy atom. The van der Waals surface area contributed by atoms with Crippen molar-refractivity contribution in [1.29, 1.82) is 0 Å². The molecule has 0 saturated heterocycles. The molecular weight excluding hydrogens is 367 g/mol. The Kier molecular flexibility index (Phi) is 5.48. The van der Waals surface area contributed by atoms with E-state index < -0.39 is 11.7 Å². The fourth-order valence-corrected chi connectivity index (χ4v) is 2.57. The van der Waals surface area contributed by atoms with Crippen molar-refractivity contribution in [3.05, 3.63) is 59.9 Å². The first-order chi connectivity index (χ1) is 13.2. The second kappa shape index (κ2) is 7.84. The van der Waals surface area contributed by atoms with Crippen LogP contribution in [0.3, 0.4) is 0 Å². The lowest BCUT2D eigenvalue weighted by Gasteiger charge is -2.15. The first-order valence-corrected chi connectivity index (χ1v) is 8.73. The summed E-state index contributed by atoms with van der Waals surface area (Å²) in [6, 6.07) is 8.99. The summed E-state index contributed by atoms with van der Waals surface area (Å²) in [5.41, 5.74) is 1.68. The van der Waals surface area contributed by atoms with Crippen molar-refractivity contribution in [2.45, 2.75) is 33.0 Å². The molecule has 2 N–H and O–H groups in total. The monoisotopic (exact) mass is 387 g/mol. The van der Waals surface area contributed by atoms with Gasteiger partial charge in [0.15, 0.2) is 0 Å². The van der Waals surface area contributed by atoms with Gasteiger partial charge in [-0.05, 0) is 50.6 Å². The van der Waals surface area contributed by atoms with E-state index in [1.54, 1.807) is 31.5 Å². The minimum atomic E-state index is -4.42. The van der Waals surface area contributed by atoms with Gasteiger partial charge in [0, 0.05) is 35.8 Å². The molecule has 3 aromatic rings. The number of nitrogens with one attached hydrogen (secondary N) is 2. The van der Waals surface area contributed by atoms with E-state index in [2.05, 4.69) is 25.6 Å². The normalized spacial score (nSPS) is 11.5. The van der Waals surface area contributed by atoms with Crippen molar-refractivity contribution in [2.75, 3.05) is 10.6 Å². The highest BCUT2D eigenvalue weighted by atomic mass is 19.4. The van der Waals surface area contributed by atoms with Crippen LogP contribution in [0.2, 0.25) is 0 Å². The summed E-state index contributed by atoms with van der Waals surface area (Å²) in [4.78, 5) is 13.0. The highest BCUT2D eigenvalue weighted by Crippen LogP contribution is 2.33. The summed E-state index contributed by atoms with van der Waals surface area (Å²) >= 11 is 0. The molecule has 0 bridgehead atoms. The van der Waals surface area contributed by atoms with Crippen LogP contribution in [0.1, 0.15) is 25.0 Å². The SMILES string of the molecule is Cc1ccc(C(F)(F)F)cc1Nc1cc(-c2cccnc2)nc(NC(C)C)n1. The Balaban J connectivity index is 2.02. The van der Waals surface area contributed by atoms with Crippen molar-refractivity contribution >= 4 is 17.5 Å². The average molecular weight is 387 g/mol. The summed E-state index contributed by atoms with van der Waals surface area (Å²) in [6.45, 7) is 5.63. The summed E-state index contributed by atoms with van der Waals surface area (Å²) < 4.78 is 39.2. The zero-order valence-electron chi connectivity index (χ0n) is 15.7. The van der Waals surface area contributed by atoms with Crippen molar-refractivity contribution in [2.24, 2.45) is 0 Å². The van der Waals surface area contributed by atoms with Gasteiger partial charge in [0.2, 0.25) is 5.95 Å². The third-order valence-electron chi connectivity index (χ3n) is 3.93. The summed E-state index contributed by atoms with van der Waals surface area (Å²) in [5, 5.41) is 6.13. The molecule has 0 aliphatic rings. The van der Waals surface area contributed by atoms with Crippen molar-refractivity contribution in [1.82, 2.24) is 15.0 Å². The Bertz CT molecular complexity index is 956. The first kappa shape index (κ1) is 19.6. The minimum absolute atomic E-state index is 0.0901. The smallest absolute Gasteiger partial charge is 0.352 e. The van der Waals surface area contributed by atoms with Crippen LogP contribution in [0.5, 0.6) is 0 Å². The molecule has 5 nitrogen and oxygen atoms in total. The van der Waals surface area contributed by atoms with Crippen molar-refractivity contribution in [3.8, 4) is 11.3 Å². The molecule has 0 aliphatic heterocycles. The van der Waals surface area contributed by atoms with Gasteiger partial charge in [-0.15, -0.1) is 0 Å². The van der Waals surface area contributed by atoms with Crippen LogP contribution in [0.4, 0.5) is 30.6 Å². The van der Waals surface area contributed by atoms with E-state index >= 15 is 0 Å². The van der Waals surface area contributed by atoms with Gasteiger partial charge in [0.25, 0.3) is 0 Å². The number of rotatable bonds is 5. The van der Waals surface area contributed by atoms with E-state index in [1.165, 1.54) is 6.07 Å². The molecule has 2 aromatic heterocycles. The van der Waals surface area contributed by atoms with Gasteiger partial charge >= 0.3 is 6.18 Å². The quantitative estimate of drug-likeness (QED) is 0.611. The highest BCUT2D eigenvalue weighted by molar-refractivity contribution is 5.68. The Labute approximate surface area is 161 Å². The van der Waals surface area contributed by atoms with Gasteiger partial charge in [0.1, 0.15) is 5.82 Å². The molecule has 1 aromatic carbocycles. The fourth-order valence-electron chi connectivity index (χ4n) is 2.57. The van der Waals surface area contributed by atoms with Crippen LogP contribution in [-0.4, -0.2) is 21.0 Å². The molecule has 0 unspecified atom stereocenters. The van der Waals surface area contributed by atoms with Gasteiger partial charge in [0.05, 0.1) is 11.3 Å². The van der Waals surface area contributed by atoms with Crippen LogP contribution < -0.4 is 10.6 Å². The van der Waals surface area contributed by atoms with Crippen LogP contribution in [0.15, 0.2) is 48.8 Å². The fraction of sp³-hybridized carbons (Fsp3) is 0.250. The van der Waals surface area contributed by atoms with E-state index in [0.717, 1.165) is 17.7 Å². The zero-order valence-corrected chi connectivity index (χ0v) is 15.7. The lowest BCUT2D eigenvalue weighted by molar-refractivity contribution is -0.137. The van der Waals surface area contributed by atoms with Gasteiger partial charge in [-0.25, -0.2) is 4.98 Å². The van der Waals surface area contributed by atoms with Gasteiger partial charge < -0.3 is 10.6 Å². The van der Waals surface area contributed by atoms with E-state index in [-0.39, 0.29) is 6.04 Å². The summed E-state index contributed by atoms with van der Waals surface area (Å²) in [7, 11) is 0. The molecule has 0 saturated carbocycles. The van der Waals surface area contributed by atoms with E-state index in [4.69, 9.17) is 0 Å². The van der Waals surface area contributed by atoms with Gasteiger partial charge in [-0.3, -0.25) is 4.98 Å². The summed E-state index contributed by atoms with van der Waals surface area (Å²) in [6.07, 6.45) is -1.09. The number of aryl methyl sites for hydroxylation is 1. The molecule has 0 atom stereocenters. The number of alkyl halides is 3. The summed E-state index contributed by atoms with van der Waals surface area (Å²) in [5.74, 6) is 0.767. The zero-order chi connectivity index (χ0) is 20.3. The molecule has 146 valence electrons. The molecule has 0 aliphatic carbocycles. The molecule has 8 heteroatoms. The maximum atomic E-state index is 13.1. The Morgan fingerprint density at radius 3 is 2.46 bits per heavy atom. The molecule has 2 heterocycles. The second-order valence-electron chi connectivity index (χ2n) is 6.66.